The maximum Gasteiger partial charge on any atom is 0.224 e. The summed E-state index contributed by atoms with van der Waals surface area (Å²) < 4.78 is 0. The van der Waals surface area contributed by atoms with E-state index in [0.29, 0.717) is 18.5 Å². The van der Waals surface area contributed by atoms with Crippen molar-refractivity contribution in [3.63, 3.8) is 0 Å². The number of amides is 1. The van der Waals surface area contributed by atoms with E-state index in [2.05, 4.69) is 48.3 Å². The fraction of sp³-hybridized carbons (Fsp3) is 0.364. The van der Waals surface area contributed by atoms with Crippen LogP contribution in [0.15, 0.2) is 42.5 Å². The minimum absolute atomic E-state index is 0.180. The van der Waals surface area contributed by atoms with E-state index in [1.54, 1.807) is 12.1 Å². The van der Waals surface area contributed by atoms with Gasteiger partial charge in [-0.1, -0.05) is 18.2 Å². The van der Waals surface area contributed by atoms with Crippen molar-refractivity contribution >= 4 is 17.3 Å². The molecule has 0 saturated carbocycles. The fourth-order valence-electron chi connectivity index (χ4n) is 3.45. The molecule has 1 amide bonds. The Hall–Kier alpha value is -3.00. The molecule has 1 fully saturated rings. The summed E-state index contributed by atoms with van der Waals surface area (Å²) in [6.45, 7) is 8.13. The maximum absolute atomic E-state index is 12.5. The summed E-state index contributed by atoms with van der Waals surface area (Å²) in [6, 6.07) is 15.8. The molecule has 1 aliphatic rings. The van der Waals surface area contributed by atoms with E-state index in [9.17, 15) is 4.79 Å². The van der Waals surface area contributed by atoms with Crippen molar-refractivity contribution in [2.75, 3.05) is 42.9 Å². The lowest BCUT2D eigenvalue weighted by Gasteiger charge is -2.37. The smallest absolute Gasteiger partial charge is 0.224 e. The first kappa shape index (κ1) is 18.8. The van der Waals surface area contributed by atoms with Gasteiger partial charge in [0.15, 0.2) is 0 Å². The van der Waals surface area contributed by atoms with Crippen molar-refractivity contribution in [3.05, 3.63) is 59.2 Å². The molecule has 0 spiro atoms. The van der Waals surface area contributed by atoms with E-state index in [0.717, 1.165) is 31.9 Å². The van der Waals surface area contributed by atoms with Crippen LogP contribution in [0, 0.1) is 25.2 Å². The van der Waals surface area contributed by atoms with Crippen LogP contribution in [0.1, 0.15) is 23.1 Å². The summed E-state index contributed by atoms with van der Waals surface area (Å²) in [4.78, 5) is 16.8. The van der Waals surface area contributed by atoms with Gasteiger partial charge in [-0.2, -0.15) is 5.26 Å². The molecule has 0 aliphatic carbocycles. The molecule has 1 aliphatic heterocycles. The molecule has 0 aromatic heterocycles. The van der Waals surface area contributed by atoms with Crippen LogP contribution in [0.25, 0.3) is 0 Å². The molecule has 0 bridgehead atoms. The van der Waals surface area contributed by atoms with Crippen molar-refractivity contribution in [3.8, 4) is 6.07 Å². The number of carbonyl (C=O) groups is 1. The lowest BCUT2D eigenvalue weighted by Crippen LogP contribution is -2.49. The number of hydrogen-bond donors (Lipinski definition) is 1. The number of hydrogen-bond acceptors (Lipinski definition) is 4. The van der Waals surface area contributed by atoms with E-state index in [-0.39, 0.29) is 5.91 Å². The van der Waals surface area contributed by atoms with Crippen LogP contribution in [0.2, 0.25) is 0 Å². The van der Waals surface area contributed by atoms with E-state index in [1.165, 1.54) is 16.8 Å². The summed E-state index contributed by atoms with van der Waals surface area (Å²) in [7, 11) is 0. The van der Waals surface area contributed by atoms with Crippen molar-refractivity contribution < 1.29 is 4.79 Å². The second kappa shape index (κ2) is 8.59. The average Bonchev–Trinajstić information content (AvgIpc) is 2.70. The number of aryl methyl sites for hydroxylation is 1. The highest BCUT2D eigenvalue weighted by Crippen LogP contribution is 2.24. The molecule has 1 saturated heterocycles. The molecule has 140 valence electrons. The third kappa shape index (κ3) is 4.59. The largest absolute Gasteiger partial charge is 0.384 e. The quantitative estimate of drug-likeness (QED) is 0.886. The molecule has 5 heteroatoms. The Kier molecular flexibility index (Phi) is 5.97. The number of piperazine rings is 1. The number of anilines is 2. The SMILES string of the molecule is Cc1cccc(N2CCN(C(=O)CCNc3cccc(C#N)c3)CC2)c1C. The number of benzene rings is 2. The second-order valence-electron chi connectivity index (χ2n) is 6.96. The number of nitrogens with one attached hydrogen (secondary N) is 1. The van der Waals surface area contributed by atoms with Gasteiger partial charge in [-0.05, 0) is 49.2 Å². The van der Waals surface area contributed by atoms with Gasteiger partial charge in [-0.25, -0.2) is 0 Å². The van der Waals surface area contributed by atoms with Crippen LogP contribution in [0.5, 0.6) is 0 Å². The molecule has 27 heavy (non-hydrogen) atoms. The highest BCUT2D eigenvalue weighted by Gasteiger charge is 2.21. The zero-order chi connectivity index (χ0) is 19.2. The Bertz CT molecular complexity index is 848. The van der Waals surface area contributed by atoms with Gasteiger partial charge in [-0.3, -0.25) is 4.79 Å². The normalized spacial score (nSPS) is 14.0. The predicted octanol–water partition coefficient (Wildman–Crippen LogP) is 3.33. The Morgan fingerprint density at radius 1 is 1.11 bits per heavy atom. The third-order valence-corrected chi connectivity index (χ3v) is 5.21. The highest BCUT2D eigenvalue weighted by molar-refractivity contribution is 5.77. The molecule has 0 atom stereocenters. The Morgan fingerprint density at radius 3 is 2.59 bits per heavy atom. The predicted molar refractivity (Wildman–Crippen MR) is 109 cm³/mol. The van der Waals surface area contributed by atoms with E-state index in [1.807, 2.05) is 17.0 Å². The molecule has 1 N–H and O–H groups in total. The van der Waals surface area contributed by atoms with Crippen LogP contribution >= 0.6 is 0 Å². The van der Waals surface area contributed by atoms with Gasteiger partial charge in [0.2, 0.25) is 5.91 Å². The number of rotatable bonds is 5. The second-order valence-corrected chi connectivity index (χ2v) is 6.96. The molecule has 2 aromatic rings. The van der Waals surface area contributed by atoms with E-state index >= 15 is 0 Å². The van der Waals surface area contributed by atoms with Gasteiger partial charge >= 0.3 is 0 Å². The zero-order valence-corrected chi connectivity index (χ0v) is 16.0. The van der Waals surface area contributed by atoms with Crippen LogP contribution in [-0.2, 0) is 4.79 Å². The van der Waals surface area contributed by atoms with Gasteiger partial charge in [0.05, 0.1) is 11.6 Å². The lowest BCUT2D eigenvalue weighted by atomic mass is 10.1. The maximum atomic E-state index is 12.5. The van der Waals surface area contributed by atoms with E-state index in [4.69, 9.17) is 5.26 Å². The summed E-state index contributed by atoms with van der Waals surface area (Å²) in [5.74, 6) is 0.180. The first-order valence-electron chi connectivity index (χ1n) is 9.41. The van der Waals surface area contributed by atoms with Gasteiger partial charge in [0.1, 0.15) is 0 Å². The van der Waals surface area contributed by atoms with Gasteiger partial charge in [0, 0.05) is 50.5 Å². The average molecular weight is 362 g/mol. The number of nitrogens with zero attached hydrogens (tertiary/aromatic N) is 3. The number of nitriles is 1. The molecule has 2 aromatic carbocycles. The Balaban J connectivity index is 1.47. The molecule has 0 radical (unpaired) electrons. The van der Waals surface area contributed by atoms with Crippen molar-refractivity contribution in [2.24, 2.45) is 0 Å². The van der Waals surface area contributed by atoms with Gasteiger partial charge in [0.25, 0.3) is 0 Å². The molecule has 1 heterocycles. The van der Waals surface area contributed by atoms with Crippen LogP contribution in [0.3, 0.4) is 0 Å². The first-order valence-corrected chi connectivity index (χ1v) is 9.41. The topological polar surface area (TPSA) is 59.4 Å². The van der Waals surface area contributed by atoms with Crippen molar-refractivity contribution in [2.45, 2.75) is 20.3 Å². The standard InChI is InChI=1S/C22H26N4O/c1-17-5-3-8-21(18(17)2)25-11-13-26(14-12-25)22(27)9-10-24-20-7-4-6-19(15-20)16-23/h3-8,15,24H,9-14H2,1-2H3. The highest BCUT2D eigenvalue weighted by atomic mass is 16.2. The minimum atomic E-state index is 0.180. The molecule has 0 unspecified atom stereocenters. The summed E-state index contributed by atoms with van der Waals surface area (Å²) in [6.07, 6.45) is 0.459. The number of carbonyl (C=O) groups excluding carboxylic acids is 1. The lowest BCUT2D eigenvalue weighted by molar-refractivity contribution is -0.131. The van der Waals surface area contributed by atoms with Crippen molar-refractivity contribution in [1.82, 2.24) is 4.90 Å². The van der Waals surface area contributed by atoms with Gasteiger partial charge < -0.3 is 15.1 Å². The monoisotopic (exact) mass is 362 g/mol. The zero-order valence-electron chi connectivity index (χ0n) is 16.0. The summed E-state index contributed by atoms with van der Waals surface area (Å²) in [5, 5.41) is 12.2. The van der Waals surface area contributed by atoms with Crippen LogP contribution < -0.4 is 10.2 Å². The van der Waals surface area contributed by atoms with Gasteiger partial charge in [-0.15, -0.1) is 0 Å². The van der Waals surface area contributed by atoms with Crippen LogP contribution in [0.4, 0.5) is 11.4 Å². The third-order valence-electron chi connectivity index (χ3n) is 5.21. The van der Waals surface area contributed by atoms with Crippen LogP contribution in [-0.4, -0.2) is 43.5 Å². The molecular formula is C22H26N4O. The summed E-state index contributed by atoms with van der Waals surface area (Å²) >= 11 is 0. The molecule has 5 nitrogen and oxygen atoms in total. The first-order chi connectivity index (χ1) is 13.1. The Labute approximate surface area is 161 Å². The minimum Gasteiger partial charge on any atom is -0.384 e. The summed E-state index contributed by atoms with van der Waals surface area (Å²) in [5.41, 5.74) is 5.40. The Morgan fingerprint density at radius 2 is 1.85 bits per heavy atom. The van der Waals surface area contributed by atoms with E-state index < -0.39 is 0 Å². The fourth-order valence-corrected chi connectivity index (χ4v) is 3.45. The molecular weight excluding hydrogens is 336 g/mol. The van der Waals surface area contributed by atoms with Crippen molar-refractivity contribution in [1.29, 1.82) is 5.26 Å². The molecule has 3 rings (SSSR count).